The molecule has 22 heavy (non-hydrogen) atoms. The highest BCUT2D eigenvalue weighted by atomic mass is 32.1. The molecule has 3 aromatic rings. The van der Waals surface area contributed by atoms with Gasteiger partial charge in [-0.3, -0.25) is 9.67 Å². The first kappa shape index (κ1) is 14.4. The average molecular weight is 317 g/mol. The van der Waals surface area contributed by atoms with Gasteiger partial charge in [-0.2, -0.15) is 5.10 Å². The normalized spacial score (nSPS) is 10.9. The highest BCUT2D eigenvalue weighted by molar-refractivity contribution is 7.16. The third kappa shape index (κ3) is 2.50. The quantitative estimate of drug-likeness (QED) is 0.804. The SMILES string of the molecule is Cc1sc(-c2cncc(F)c2)cc1-c1cc(C(=O)O)nn1C. The lowest BCUT2D eigenvalue weighted by Crippen LogP contribution is -1.99. The van der Waals surface area contributed by atoms with Crippen LogP contribution in [-0.4, -0.2) is 25.8 Å². The third-order valence-corrected chi connectivity index (χ3v) is 4.38. The van der Waals surface area contributed by atoms with Crippen LogP contribution in [-0.2, 0) is 7.05 Å². The summed E-state index contributed by atoms with van der Waals surface area (Å²) in [5, 5.41) is 13.0. The van der Waals surface area contributed by atoms with E-state index in [2.05, 4.69) is 10.1 Å². The van der Waals surface area contributed by atoms with Crippen LogP contribution < -0.4 is 0 Å². The Morgan fingerprint density at radius 2 is 2.09 bits per heavy atom. The van der Waals surface area contributed by atoms with Crippen molar-refractivity contribution in [3.8, 4) is 21.7 Å². The predicted molar refractivity (Wildman–Crippen MR) is 81.4 cm³/mol. The van der Waals surface area contributed by atoms with Crippen LogP contribution in [0.4, 0.5) is 4.39 Å². The monoisotopic (exact) mass is 317 g/mol. The van der Waals surface area contributed by atoms with Crippen molar-refractivity contribution in [1.29, 1.82) is 0 Å². The highest BCUT2D eigenvalue weighted by Gasteiger charge is 2.17. The summed E-state index contributed by atoms with van der Waals surface area (Å²) in [7, 11) is 1.70. The number of hydrogen-bond donors (Lipinski definition) is 1. The van der Waals surface area contributed by atoms with Crippen molar-refractivity contribution in [2.24, 2.45) is 7.05 Å². The van der Waals surface area contributed by atoms with Gasteiger partial charge in [0.2, 0.25) is 0 Å². The van der Waals surface area contributed by atoms with E-state index in [1.807, 2.05) is 13.0 Å². The lowest BCUT2D eigenvalue weighted by atomic mass is 10.1. The van der Waals surface area contributed by atoms with Crippen molar-refractivity contribution >= 4 is 17.3 Å². The van der Waals surface area contributed by atoms with E-state index in [0.717, 1.165) is 21.5 Å². The fourth-order valence-electron chi connectivity index (χ4n) is 2.25. The summed E-state index contributed by atoms with van der Waals surface area (Å²) in [6.07, 6.45) is 2.76. The maximum absolute atomic E-state index is 13.3. The molecular formula is C15H12FN3O2S. The van der Waals surface area contributed by atoms with E-state index in [9.17, 15) is 9.18 Å². The first-order valence-corrected chi connectivity index (χ1v) is 7.26. The molecule has 0 saturated heterocycles. The molecule has 1 N–H and O–H groups in total. The van der Waals surface area contributed by atoms with Crippen LogP contribution in [0.25, 0.3) is 21.7 Å². The molecule has 0 radical (unpaired) electrons. The van der Waals surface area contributed by atoms with E-state index in [1.165, 1.54) is 28.2 Å². The van der Waals surface area contributed by atoms with E-state index >= 15 is 0 Å². The van der Waals surface area contributed by atoms with Crippen molar-refractivity contribution in [2.45, 2.75) is 6.92 Å². The van der Waals surface area contributed by atoms with E-state index in [-0.39, 0.29) is 5.69 Å². The van der Waals surface area contributed by atoms with E-state index < -0.39 is 11.8 Å². The van der Waals surface area contributed by atoms with E-state index in [1.54, 1.807) is 13.2 Å². The third-order valence-electron chi connectivity index (χ3n) is 3.28. The van der Waals surface area contributed by atoms with Gasteiger partial charge in [0, 0.05) is 34.1 Å². The zero-order valence-electron chi connectivity index (χ0n) is 11.9. The number of carbonyl (C=O) groups is 1. The number of carboxylic acids is 1. The minimum absolute atomic E-state index is 0.00271. The number of thiophene rings is 1. The Morgan fingerprint density at radius 1 is 1.32 bits per heavy atom. The molecule has 0 aliphatic heterocycles. The minimum atomic E-state index is -1.07. The summed E-state index contributed by atoms with van der Waals surface area (Å²) in [6, 6.07) is 4.86. The number of nitrogens with zero attached hydrogens (tertiary/aromatic N) is 3. The number of aromatic carboxylic acids is 1. The predicted octanol–water partition coefficient (Wildman–Crippen LogP) is 3.36. The number of hydrogen-bond acceptors (Lipinski definition) is 4. The van der Waals surface area contributed by atoms with Gasteiger partial charge >= 0.3 is 5.97 Å². The van der Waals surface area contributed by atoms with Crippen LogP contribution in [0.3, 0.4) is 0 Å². The summed E-state index contributed by atoms with van der Waals surface area (Å²) in [6.45, 7) is 1.93. The van der Waals surface area contributed by atoms with Gasteiger partial charge in [-0.05, 0) is 25.1 Å². The zero-order chi connectivity index (χ0) is 15.9. The van der Waals surface area contributed by atoms with Crippen LogP contribution in [0, 0.1) is 12.7 Å². The van der Waals surface area contributed by atoms with Crippen molar-refractivity contribution in [3.05, 3.63) is 47.0 Å². The number of halogens is 1. The lowest BCUT2D eigenvalue weighted by Gasteiger charge is -1.99. The van der Waals surface area contributed by atoms with Gasteiger partial charge in [0.25, 0.3) is 0 Å². The van der Waals surface area contributed by atoms with Crippen LogP contribution in [0.1, 0.15) is 15.4 Å². The molecule has 0 bridgehead atoms. The van der Waals surface area contributed by atoms with Crippen molar-refractivity contribution < 1.29 is 14.3 Å². The van der Waals surface area contributed by atoms with Crippen LogP contribution in [0.2, 0.25) is 0 Å². The smallest absolute Gasteiger partial charge is 0.356 e. The van der Waals surface area contributed by atoms with Crippen LogP contribution >= 0.6 is 11.3 Å². The number of pyridine rings is 1. The number of rotatable bonds is 3. The second-order valence-electron chi connectivity index (χ2n) is 4.82. The van der Waals surface area contributed by atoms with Gasteiger partial charge in [-0.15, -0.1) is 11.3 Å². The first-order chi connectivity index (χ1) is 10.5. The van der Waals surface area contributed by atoms with Gasteiger partial charge in [-0.1, -0.05) is 0 Å². The van der Waals surface area contributed by atoms with Gasteiger partial charge in [0.05, 0.1) is 11.9 Å². The van der Waals surface area contributed by atoms with Gasteiger partial charge in [0.15, 0.2) is 5.69 Å². The molecule has 0 unspecified atom stereocenters. The second kappa shape index (κ2) is 5.34. The Kier molecular flexibility index (Phi) is 3.50. The average Bonchev–Trinajstić information content (AvgIpc) is 3.02. The molecule has 0 fully saturated rings. The highest BCUT2D eigenvalue weighted by Crippen LogP contribution is 2.36. The largest absolute Gasteiger partial charge is 0.476 e. The molecule has 0 spiro atoms. The molecule has 112 valence electrons. The zero-order valence-corrected chi connectivity index (χ0v) is 12.7. The Morgan fingerprint density at radius 3 is 2.73 bits per heavy atom. The molecule has 7 heteroatoms. The number of aryl methyl sites for hydroxylation is 2. The Balaban J connectivity index is 2.08. The Labute approximate surface area is 129 Å². The molecule has 3 aromatic heterocycles. The Hall–Kier alpha value is -2.54. The molecule has 0 atom stereocenters. The number of carboxylic acid groups (broad SMARTS) is 1. The lowest BCUT2D eigenvalue weighted by molar-refractivity contribution is 0.0689. The minimum Gasteiger partial charge on any atom is -0.476 e. The van der Waals surface area contributed by atoms with Crippen LogP contribution in [0.5, 0.6) is 0 Å². The summed E-state index contributed by atoms with van der Waals surface area (Å²) < 4.78 is 14.8. The summed E-state index contributed by atoms with van der Waals surface area (Å²) in [5.41, 5.74) is 2.28. The molecule has 5 nitrogen and oxygen atoms in total. The standard InChI is InChI=1S/C15H12FN3O2S/c1-8-11(13-5-12(15(20)21)18-19(13)2)4-14(22-8)9-3-10(16)7-17-6-9/h3-7H,1-2H3,(H,20,21). The van der Waals surface area contributed by atoms with Crippen molar-refractivity contribution in [3.63, 3.8) is 0 Å². The van der Waals surface area contributed by atoms with E-state index in [4.69, 9.17) is 5.11 Å². The maximum atomic E-state index is 13.3. The second-order valence-corrected chi connectivity index (χ2v) is 6.07. The first-order valence-electron chi connectivity index (χ1n) is 6.45. The molecule has 0 aromatic carbocycles. The van der Waals surface area contributed by atoms with Crippen LogP contribution in [0.15, 0.2) is 30.6 Å². The fraction of sp³-hybridized carbons (Fsp3) is 0.133. The molecule has 3 heterocycles. The van der Waals surface area contributed by atoms with Crippen molar-refractivity contribution in [2.75, 3.05) is 0 Å². The molecule has 0 aliphatic rings. The number of aromatic nitrogens is 3. The molecule has 0 saturated carbocycles. The summed E-state index contributed by atoms with van der Waals surface area (Å²) in [4.78, 5) is 16.7. The topological polar surface area (TPSA) is 68.0 Å². The molecular weight excluding hydrogens is 305 g/mol. The van der Waals surface area contributed by atoms with Gasteiger partial charge in [-0.25, -0.2) is 9.18 Å². The molecule has 3 rings (SSSR count). The summed E-state index contributed by atoms with van der Waals surface area (Å²) >= 11 is 1.50. The van der Waals surface area contributed by atoms with E-state index in [0.29, 0.717) is 11.3 Å². The molecule has 0 aliphatic carbocycles. The van der Waals surface area contributed by atoms with Crippen molar-refractivity contribution in [1.82, 2.24) is 14.8 Å². The Bertz CT molecular complexity index is 870. The molecule has 0 amide bonds. The summed E-state index contributed by atoms with van der Waals surface area (Å²) in [5.74, 6) is -1.46. The maximum Gasteiger partial charge on any atom is 0.356 e. The van der Waals surface area contributed by atoms with Gasteiger partial charge in [0.1, 0.15) is 5.82 Å². The fourth-order valence-corrected chi connectivity index (χ4v) is 3.26. The van der Waals surface area contributed by atoms with Gasteiger partial charge < -0.3 is 5.11 Å².